The Bertz CT molecular complexity index is 760. The summed E-state index contributed by atoms with van der Waals surface area (Å²) in [5.41, 5.74) is 3.51. The Balaban J connectivity index is 1.81. The normalized spacial score (nSPS) is 11.2. The van der Waals surface area contributed by atoms with E-state index in [2.05, 4.69) is 20.6 Å². The first-order valence-corrected chi connectivity index (χ1v) is 9.16. The lowest BCUT2D eigenvalue weighted by Gasteiger charge is -2.23. The fraction of sp³-hybridized carbons (Fsp3) is 0.389. The smallest absolute Gasteiger partial charge is 0.263 e. The third kappa shape index (κ3) is 5.19. The summed E-state index contributed by atoms with van der Waals surface area (Å²) in [5, 5.41) is 6.14. The molecular weight excluding hydrogens is 350 g/mol. The number of carbonyl (C=O) groups is 1. The number of nitrogens with one attached hydrogen (secondary N) is 2. The summed E-state index contributed by atoms with van der Waals surface area (Å²) in [5.74, 6) is 1.50. The first-order chi connectivity index (χ1) is 12.6. The number of carbonyl (C=O) groups excluding carboxylic acids is 1. The molecule has 26 heavy (non-hydrogen) atoms. The van der Waals surface area contributed by atoms with Gasteiger partial charge in [0.1, 0.15) is 10.6 Å². The first kappa shape index (κ1) is 19.7. The van der Waals surface area contributed by atoms with Crippen LogP contribution in [-0.4, -0.2) is 56.0 Å². The molecule has 2 N–H and O–H groups in total. The molecule has 0 saturated carbocycles. The van der Waals surface area contributed by atoms with Crippen LogP contribution in [0.25, 0.3) is 0 Å². The molecule has 2 rings (SSSR count). The van der Waals surface area contributed by atoms with E-state index < -0.39 is 0 Å². The van der Waals surface area contributed by atoms with E-state index in [1.165, 1.54) is 11.3 Å². The van der Waals surface area contributed by atoms with Crippen molar-refractivity contribution in [3.05, 3.63) is 45.9 Å². The van der Waals surface area contributed by atoms with Crippen LogP contribution in [0.2, 0.25) is 0 Å². The Morgan fingerprint density at radius 3 is 2.69 bits per heavy atom. The molecular formula is C18H25N5O2S. The van der Waals surface area contributed by atoms with E-state index in [1.54, 1.807) is 19.7 Å². The molecule has 7 nitrogen and oxygen atoms in total. The second-order valence-corrected chi connectivity index (χ2v) is 6.52. The minimum absolute atomic E-state index is 0.0934. The zero-order valence-electron chi connectivity index (χ0n) is 15.6. The average molecular weight is 375 g/mol. The lowest BCUT2D eigenvalue weighted by atomic mass is 10.2. The number of thiazole rings is 1. The van der Waals surface area contributed by atoms with Gasteiger partial charge in [0, 0.05) is 39.3 Å². The molecule has 2 aromatic rings. The zero-order valence-corrected chi connectivity index (χ0v) is 16.4. The summed E-state index contributed by atoms with van der Waals surface area (Å²) >= 11 is 1.35. The van der Waals surface area contributed by atoms with E-state index in [-0.39, 0.29) is 5.91 Å². The molecule has 1 heterocycles. The summed E-state index contributed by atoms with van der Waals surface area (Å²) in [4.78, 5) is 23.1. The van der Waals surface area contributed by atoms with Crippen LogP contribution in [0.15, 0.2) is 34.8 Å². The highest BCUT2D eigenvalue weighted by molar-refractivity contribution is 7.11. The van der Waals surface area contributed by atoms with Crippen molar-refractivity contribution in [3.63, 3.8) is 0 Å². The van der Waals surface area contributed by atoms with Crippen LogP contribution >= 0.6 is 11.3 Å². The van der Waals surface area contributed by atoms with Crippen LogP contribution in [0.5, 0.6) is 5.75 Å². The van der Waals surface area contributed by atoms with Crippen LogP contribution in [0.3, 0.4) is 0 Å². The Morgan fingerprint density at radius 1 is 1.31 bits per heavy atom. The van der Waals surface area contributed by atoms with Crippen molar-refractivity contribution in [2.24, 2.45) is 4.99 Å². The number of benzene rings is 1. The minimum atomic E-state index is -0.0934. The maximum Gasteiger partial charge on any atom is 0.263 e. The third-order valence-corrected chi connectivity index (χ3v) is 4.75. The molecule has 1 amide bonds. The van der Waals surface area contributed by atoms with Crippen LogP contribution < -0.4 is 15.4 Å². The van der Waals surface area contributed by atoms with E-state index in [0.717, 1.165) is 23.0 Å². The predicted molar refractivity (Wildman–Crippen MR) is 105 cm³/mol. The van der Waals surface area contributed by atoms with Crippen molar-refractivity contribution in [3.8, 4) is 5.75 Å². The number of rotatable bonds is 7. The van der Waals surface area contributed by atoms with Crippen LogP contribution in [0.4, 0.5) is 0 Å². The topological polar surface area (TPSA) is 78.8 Å². The third-order valence-electron chi connectivity index (χ3n) is 3.82. The molecule has 140 valence electrons. The number of hydrogen-bond acceptors (Lipinski definition) is 5. The lowest BCUT2D eigenvalue weighted by molar-refractivity contribution is 0.0957. The summed E-state index contributed by atoms with van der Waals surface area (Å²) in [7, 11) is 5.36. The largest absolute Gasteiger partial charge is 0.496 e. The van der Waals surface area contributed by atoms with Crippen LogP contribution in [0.1, 0.15) is 20.9 Å². The van der Waals surface area contributed by atoms with Gasteiger partial charge in [-0.05, 0) is 13.0 Å². The highest BCUT2D eigenvalue weighted by Crippen LogP contribution is 2.18. The van der Waals surface area contributed by atoms with Gasteiger partial charge in [-0.1, -0.05) is 18.2 Å². The monoisotopic (exact) mass is 375 g/mol. The number of amides is 1. The minimum Gasteiger partial charge on any atom is -0.496 e. The fourth-order valence-electron chi connectivity index (χ4n) is 2.50. The Labute approximate surface area is 158 Å². The van der Waals surface area contributed by atoms with E-state index in [9.17, 15) is 4.79 Å². The van der Waals surface area contributed by atoms with Crippen molar-refractivity contribution in [1.82, 2.24) is 20.5 Å². The maximum atomic E-state index is 12.1. The number of hydrogen-bond donors (Lipinski definition) is 2. The Kier molecular flexibility index (Phi) is 7.40. The fourth-order valence-corrected chi connectivity index (χ4v) is 3.22. The number of ether oxygens (including phenoxy) is 1. The van der Waals surface area contributed by atoms with E-state index in [4.69, 9.17) is 4.74 Å². The Morgan fingerprint density at radius 2 is 2.04 bits per heavy atom. The lowest BCUT2D eigenvalue weighted by Crippen LogP contribution is -2.42. The molecule has 0 saturated heterocycles. The van der Waals surface area contributed by atoms with E-state index in [0.29, 0.717) is 24.5 Å². The first-order valence-electron chi connectivity index (χ1n) is 8.28. The number of methoxy groups -OCH3 is 1. The van der Waals surface area contributed by atoms with Crippen molar-refractivity contribution < 1.29 is 9.53 Å². The molecule has 1 aromatic heterocycles. The standard InChI is InChI=1S/C18H25N5O2S/c1-13-16(26-12-22-13)17(24)20-9-10-21-18(19-2)23(3)11-14-7-5-6-8-15(14)25-4/h5-8,12H,9-11H2,1-4H3,(H,19,21)(H,20,24). The van der Waals surface area contributed by atoms with Gasteiger partial charge in [0.2, 0.25) is 0 Å². The second-order valence-electron chi connectivity index (χ2n) is 5.66. The zero-order chi connectivity index (χ0) is 18.9. The van der Waals surface area contributed by atoms with E-state index in [1.807, 2.05) is 43.1 Å². The van der Waals surface area contributed by atoms with Crippen molar-refractivity contribution >= 4 is 23.2 Å². The van der Waals surface area contributed by atoms with E-state index >= 15 is 0 Å². The molecule has 0 bridgehead atoms. The van der Waals surface area contributed by atoms with Gasteiger partial charge >= 0.3 is 0 Å². The molecule has 0 radical (unpaired) electrons. The number of nitrogens with zero attached hydrogens (tertiary/aromatic N) is 3. The highest BCUT2D eigenvalue weighted by Gasteiger charge is 2.12. The summed E-state index contributed by atoms with van der Waals surface area (Å²) in [6.45, 7) is 3.57. The number of para-hydroxylation sites is 1. The average Bonchev–Trinajstić information content (AvgIpc) is 3.08. The van der Waals surface area contributed by atoms with Gasteiger partial charge < -0.3 is 20.3 Å². The Hall–Kier alpha value is -2.61. The van der Waals surface area contributed by atoms with Gasteiger partial charge in [-0.15, -0.1) is 11.3 Å². The van der Waals surface area contributed by atoms with Gasteiger partial charge in [-0.25, -0.2) is 4.98 Å². The maximum absolute atomic E-state index is 12.1. The van der Waals surface area contributed by atoms with Crippen LogP contribution in [-0.2, 0) is 6.54 Å². The number of aryl methyl sites for hydroxylation is 1. The number of guanidine groups is 1. The highest BCUT2D eigenvalue weighted by atomic mass is 32.1. The van der Waals surface area contributed by atoms with Crippen LogP contribution in [0, 0.1) is 6.92 Å². The summed E-state index contributed by atoms with van der Waals surface area (Å²) in [6, 6.07) is 7.90. The van der Waals surface area contributed by atoms with Gasteiger partial charge in [0.25, 0.3) is 5.91 Å². The van der Waals surface area contributed by atoms with Gasteiger partial charge in [0.05, 0.1) is 18.3 Å². The number of aliphatic imine (C=N–C) groups is 1. The van der Waals surface area contributed by atoms with Gasteiger partial charge in [-0.2, -0.15) is 0 Å². The molecule has 0 atom stereocenters. The van der Waals surface area contributed by atoms with Crippen molar-refractivity contribution in [2.75, 3.05) is 34.3 Å². The van der Waals surface area contributed by atoms with Gasteiger partial charge in [0.15, 0.2) is 5.96 Å². The molecule has 0 aliphatic heterocycles. The SMILES string of the molecule is CN=C(NCCNC(=O)c1scnc1C)N(C)Cc1ccccc1OC. The van der Waals surface area contributed by atoms with Crippen molar-refractivity contribution in [2.45, 2.75) is 13.5 Å². The summed E-state index contributed by atoms with van der Waals surface area (Å²) in [6.07, 6.45) is 0. The molecule has 0 spiro atoms. The molecule has 1 aromatic carbocycles. The molecule has 0 aliphatic carbocycles. The molecule has 8 heteroatoms. The molecule has 0 aliphatic rings. The molecule has 0 fully saturated rings. The number of aromatic nitrogens is 1. The quantitative estimate of drug-likeness (QED) is 0.439. The second kappa shape index (κ2) is 9.76. The predicted octanol–water partition coefficient (Wildman–Crippen LogP) is 1.90. The molecule has 0 unspecified atom stereocenters. The van der Waals surface area contributed by atoms with Crippen molar-refractivity contribution in [1.29, 1.82) is 0 Å². The summed E-state index contributed by atoms with van der Waals surface area (Å²) < 4.78 is 5.39. The van der Waals surface area contributed by atoms with Gasteiger partial charge in [-0.3, -0.25) is 9.79 Å².